The van der Waals surface area contributed by atoms with Gasteiger partial charge in [0.05, 0.1) is 0 Å². The van der Waals surface area contributed by atoms with Crippen LogP contribution in [0.25, 0.3) is 10.8 Å². The third kappa shape index (κ3) is 1.45. The van der Waals surface area contributed by atoms with Crippen LogP contribution in [0.2, 0.25) is 0 Å². The molecule has 0 unspecified atom stereocenters. The van der Waals surface area contributed by atoms with Gasteiger partial charge in [0.25, 0.3) is 0 Å². The van der Waals surface area contributed by atoms with Crippen LogP contribution < -0.4 is 28.3 Å². The minimum Gasteiger partial charge on any atom is -0.463 e. The molecule has 72 valence electrons. The van der Waals surface area contributed by atoms with Crippen molar-refractivity contribution < 1.29 is 28.3 Å². The third-order valence-corrected chi connectivity index (χ3v) is 2.91. The Labute approximate surface area is 101 Å². The molecular formula is C12H11LiO2. The first-order chi connectivity index (χ1) is 6.75. The van der Waals surface area contributed by atoms with E-state index in [1.165, 1.54) is 21.9 Å². The van der Waals surface area contributed by atoms with E-state index in [0.29, 0.717) is 6.79 Å². The van der Waals surface area contributed by atoms with Crippen molar-refractivity contribution in [3.05, 3.63) is 29.3 Å². The van der Waals surface area contributed by atoms with Crippen molar-refractivity contribution in [2.75, 3.05) is 6.79 Å². The van der Waals surface area contributed by atoms with Gasteiger partial charge in [0.15, 0.2) is 0 Å². The molecule has 0 saturated carbocycles. The fourth-order valence-electron chi connectivity index (χ4n) is 1.96. The molecule has 0 atom stereocenters. The van der Waals surface area contributed by atoms with Gasteiger partial charge in [-0.25, -0.2) is 0 Å². The molecule has 0 aliphatic carbocycles. The quantitative estimate of drug-likeness (QED) is 0.431. The second kappa shape index (κ2) is 3.55. The van der Waals surface area contributed by atoms with Crippen molar-refractivity contribution in [1.29, 1.82) is 0 Å². The van der Waals surface area contributed by atoms with Crippen LogP contribution in [0.15, 0.2) is 18.2 Å². The molecule has 2 nitrogen and oxygen atoms in total. The molecule has 0 amide bonds. The van der Waals surface area contributed by atoms with E-state index in [1.54, 1.807) is 0 Å². The summed E-state index contributed by atoms with van der Waals surface area (Å²) in [5, 5.41) is 2.51. The predicted octanol–water partition coefficient (Wildman–Crippen LogP) is -0.0918. The summed E-state index contributed by atoms with van der Waals surface area (Å²) in [6.45, 7) is 4.61. The zero-order valence-electron chi connectivity index (χ0n) is 9.26. The molecule has 0 radical (unpaired) electrons. The van der Waals surface area contributed by atoms with Gasteiger partial charge in [0.1, 0.15) is 11.5 Å². The van der Waals surface area contributed by atoms with E-state index < -0.39 is 0 Å². The Bertz CT molecular complexity index is 514. The maximum Gasteiger partial charge on any atom is 1.00 e. The van der Waals surface area contributed by atoms with Crippen LogP contribution in [0.5, 0.6) is 11.5 Å². The van der Waals surface area contributed by atoms with E-state index in [1.807, 2.05) is 0 Å². The van der Waals surface area contributed by atoms with Crippen LogP contribution in [0.4, 0.5) is 0 Å². The zero-order chi connectivity index (χ0) is 9.71. The Balaban J connectivity index is 0.000000853. The third-order valence-electron chi connectivity index (χ3n) is 2.91. The molecule has 0 bridgehead atoms. The van der Waals surface area contributed by atoms with E-state index in [9.17, 15) is 0 Å². The molecule has 3 heteroatoms. The van der Waals surface area contributed by atoms with Gasteiger partial charge in [-0.1, -0.05) is 26.0 Å². The molecule has 0 aromatic heterocycles. The average molecular weight is 194 g/mol. The molecule has 1 aliphatic rings. The summed E-state index contributed by atoms with van der Waals surface area (Å²) in [6, 6.07) is 6.31. The SMILES string of the molecule is Cc1[cH-]c2cc3c(cc2c1C)OCO3.[Li+]. The number of fused-ring (bicyclic) bond motifs is 2. The van der Waals surface area contributed by atoms with Gasteiger partial charge in [-0.05, 0) is 0 Å². The smallest absolute Gasteiger partial charge is 0.463 e. The number of rotatable bonds is 0. The van der Waals surface area contributed by atoms with E-state index in [4.69, 9.17) is 9.47 Å². The molecule has 0 N–H and O–H groups in total. The fraction of sp³-hybridized carbons (Fsp3) is 0.250. The standard InChI is InChI=1S/C12H11O2.Li/c1-7-3-9-4-11-12(14-6-13-11)5-10(9)8(7)2;/h3-5H,6H2,1-2H3;/q-1;+1. The average Bonchev–Trinajstić information content (AvgIpc) is 2.70. The van der Waals surface area contributed by atoms with Gasteiger partial charge in [-0.2, -0.15) is 5.56 Å². The number of hydrogen-bond donors (Lipinski definition) is 0. The number of hydrogen-bond acceptors (Lipinski definition) is 2. The largest absolute Gasteiger partial charge is 1.00 e. The first-order valence-electron chi connectivity index (χ1n) is 4.72. The van der Waals surface area contributed by atoms with Gasteiger partial charge >= 0.3 is 18.9 Å². The van der Waals surface area contributed by atoms with Gasteiger partial charge in [0.2, 0.25) is 6.79 Å². The summed E-state index contributed by atoms with van der Waals surface area (Å²) in [7, 11) is 0. The molecule has 0 saturated heterocycles. The maximum absolute atomic E-state index is 5.35. The van der Waals surface area contributed by atoms with E-state index in [2.05, 4.69) is 32.0 Å². The predicted molar refractivity (Wildman–Crippen MR) is 55.1 cm³/mol. The first-order valence-corrected chi connectivity index (χ1v) is 4.72. The summed E-state index contributed by atoms with van der Waals surface area (Å²) < 4.78 is 10.7. The van der Waals surface area contributed by atoms with Crippen LogP contribution in [-0.4, -0.2) is 6.79 Å². The number of benzene rings is 1. The van der Waals surface area contributed by atoms with E-state index >= 15 is 0 Å². The summed E-state index contributed by atoms with van der Waals surface area (Å²) in [5.74, 6) is 1.73. The molecule has 3 rings (SSSR count). The number of ether oxygens (including phenoxy) is 2. The Morgan fingerprint density at radius 1 is 1.13 bits per heavy atom. The second-order valence-corrected chi connectivity index (χ2v) is 3.75. The molecule has 2 aromatic rings. The Morgan fingerprint density at radius 3 is 2.53 bits per heavy atom. The van der Waals surface area contributed by atoms with Crippen LogP contribution in [0, 0.1) is 13.8 Å². The summed E-state index contributed by atoms with van der Waals surface area (Å²) in [4.78, 5) is 0. The molecule has 0 spiro atoms. The maximum atomic E-state index is 5.35. The molecule has 2 aromatic carbocycles. The zero-order valence-corrected chi connectivity index (χ0v) is 9.26. The van der Waals surface area contributed by atoms with Gasteiger partial charge in [-0.15, -0.1) is 22.4 Å². The van der Waals surface area contributed by atoms with Crippen molar-refractivity contribution in [3.8, 4) is 11.5 Å². The van der Waals surface area contributed by atoms with Gasteiger partial charge in [-0.3, -0.25) is 0 Å². The normalized spacial score (nSPS) is 12.9. The molecule has 0 fully saturated rings. The molecule has 15 heavy (non-hydrogen) atoms. The first kappa shape index (κ1) is 10.5. The minimum absolute atomic E-state index is 0. The van der Waals surface area contributed by atoms with Crippen molar-refractivity contribution in [3.63, 3.8) is 0 Å². The molecular weight excluding hydrogens is 183 g/mol. The van der Waals surface area contributed by atoms with E-state index in [0.717, 1.165) is 11.5 Å². The van der Waals surface area contributed by atoms with Gasteiger partial charge in [0, 0.05) is 0 Å². The number of aryl methyl sites for hydroxylation is 2. The topological polar surface area (TPSA) is 18.5 Å². The van der Waals surface area contributed by atoms with Gasteiger partial charge < -0.3 is 9.47 Å². The Kier molecular flexibility index (Phi) is 2.50. The van der Waals surface area contributed by atoms with Crippen molar-refractivity contribution >= 4 is 10.8 Å². The molecule has 1 heterocycles. The Morgan fingerprint density at radius 2 is 1.80 bits per heavy atom. The Hall–Kier alpha value is -0.973. The summed E-state index contributed by atoms with van der Waals surface area (Å²) in [5.41, 5.74) is 2.65. The summed E-state index contributed by atoms with van der Waals surface area (Å²) in [6.07, 6.45) is 0. The monoisotopic (exact) mass is 194 g/mol. The van der Waals surface area contributed by atoms with Crippen LogP contribution in [0.3, 0.4) is 0 Å². The van der Waals surface area contributed by atoms with Crippen molar-refractivity contribution in [1.82, 2.24) is 0 Å². The van der Waals surface area contributed by atoms with Crippen LogP contribution in [-0.2, 0) is 0 Å². The van der Waals surface area contributed by atoms with Crippen LogP contribution >= 0.6 is 0 Å². The van der Waals surface area contributed by atoms with Crippen molar-refractivity contribution in [2.24, 2.45) is 0 Å². The van der Waals surface area contributed by atoms with Crippen LogP contribution in [0.1, 0.15) is 11.1 Å². The molecule has 1 aliphatic heterocycles. The summed E-state index contributed by atoms with van der Waals surface area (Å²) >= 11 is 0. The van der Waals surface area contributed by atoms with Crippen molar-refractivity contribution in [2.45, 2.75) is 13.8 Å². The second-order valence-electron chi connectivity index (χ2n) is 3.75. The minimum atomic E-state index is 0. The van der Waals surface area contributed by atoms with E-state index in [-0.39, 0.29) is 18.9 Å². The fourth-order valence-corrected chi connectivity index (χ4v) is 1.96.